The molecule has 4 heteroatoms. The molecule has 0 fully saturated rings. The summed E-state index contributed by atoms with van der Waals surface area (Å²) in [6.45, 7) is 0.631. The molecule has 1 aromatic heterocycles. The molecule has 0 atom stereocenters. The molecule has 19 heavy (non-hydrogen) atoms. The van der Waals surface area contributed by atoms with Gasteiger partial charge in [0.05, 0.1) is 5.56 Å². The van der Waals surface area contributed by atoms with Crippen LogP contribution in [0, 0.1) is 0 Å². The molecule has 0 amide bonds. The van der Waals surface area contributed by atoms with E-state index in [-0.39, 0.29) is 0 Å². The SMILES string of the molecule is Nc1on[n+](Cc2ccccc2)c1-c1ccccc1. The summed E-state index contributed by atoms with van der Waals surface area (Å²) in [5.41, 5.74) is 8.84. The average Bonchev–Trinajstić information content (AvgIpc) is 2.82. The van der Waals surface area contributed by atoms with Gasteiger partial charge in [0.2, 0.25) is 11.8 Å². The highest BCUT2D eigenvalue weighted by atomic mass is 16.5. The van der Waals surface area contributed by atoms with Crippen LogP contribution in [0.3, 0.4) is 0 Å². The number of benzene rings is 2. The molecule has 0 aliphatic carbocycles. The highest BCUT2D eigenvalue weighted by Crippen LogP contribution is 2.21. The zero-order valence-corrected chi connectivity index (χ0v) is 10.4. The molecule has 0 unspecified atom stereocenters. The van der Waals surface area contributed by atoms with E-state index >= 15 is 0 Å². The molecule has 1 heterocycles. The smallest absolute Gasteiger partial charge is 0.305 e. The minimum absolute atomic E-state index is 0.335. The number of nitrogens with two attached hydrogens (primary N) is 1. The van der Waals surface area contributed by atoms with Crippen molar-refractivity contribution in [1.82, 2.24) is 5.27 Å². The number of nitrogens with zero attached hydrogens (tertiary/aromatic N) is 2. The molecular formula is C15H14N3O+. The Morgan fingerprint density at radius 3 is 2.26 bits per heavy atom. The van der Waals surface area contributed by atoms with Crippen molar-refractivity contribution in [2.75, 3.05) is 5.73 Å². The first-order valence-corrected chi connectivity index (χ1v) is 6.09. The maximum atomic E-state index is 5.88. The van der Waals surface area contributed by atoms with Crippen molar-refractivity contribution in [2.24, 2.45) is 0 Å². The van der Waals surface area contributed by atoms with Gasteiger partial charge in [0.1, 0.15) is 0 Å². The summed E-state index contributed by atoms with van der Waals surface area (Å²) in [5, 5.41) is 4.00. The third-order valence-electron chi connectivity index (χ3n) is 2.95. The van der Waals surface area contributed by atoms with Crippen LogP contribution in [-0.4, -0.2) is 5.27 Å². The van der Waals surface area contributed by atoms with E-state index in [9.17, 15) is 0 Å². The number of rotatable bonds is 3. The second-order valence-electron chi connectivity index (χ2n) is 4.30. The Balaban J connectivity index is 2.00. The van der Waals surface area contributed by atoms with E-state index in [1.807, 2.05) is 60.7 Å². The van der Waals surface area contributed by atoms with Gasteiger partial charge in [0, 0.05) is 5.56 Å². The third-order valence-corrected chi connectivity index (χ3v) is 2.95. The zero-order valence-electron chi connectivity index (χ0n) is 10.4. The minimum Gasteiger partial charge on any atom is -0.362 e. The molecular weight excluding hydrogens is 238 g/mol. The zero-order chi connectivity index (χ0) is 13.1. The van der Waals surface area contributed by atoms with Crippen molar-refractivity contribution < 1.29 is 9.20 Å². The predicted octanol–water partition coefficient (Wildman–Crippen LogP) is 2.26. The van der Waals surface area contributed by atoms with Gasteiger partial charge in [-0.15, -0.1) is 0 Å². The molecule has 4 nitrogen and oxygen atoms in total. The van der Waals surface area contributed by atoms with Gasteiger partial charge < -0.3 is 5.73 Å². The fraction of sp³-hybridized carbons (Fsp3) is 0.0667. The Bertz CT molecular complexity index is 662. The van der Waals surface area contributed by atoms with Crippen molar-refractivity contribution in [1.29, 1.82) is 0 Å². The van der Waals surface area contributed by atoms with Crippen LogP contribution in [-0.2, 0) is 6.54 Å². The summed E-state index contributed by atoms with van der Waals surface area (Å²) in [5.74, 6) is 0.335. The van der Waals surface area contributed by atoms with Crippen LogP contribution in [0.2, 0.25) is 0 Å². The molecule has 0 aliphatic rings. The fourth-order valence-electron chi connectivity index (χ4n) is 2.06. The van der Waals surface area contributed by atoms with Crippen molar-refractivity contribution in [3.8, 4) is 11.3 Å². The van der Waals surface area contributed by atoms with Crippen molar-refractivity contribution >= 4 is 5.88 Å². The van der Waals surface area contributed by atoms with Gasteiger partial charge in [-0.3, -0.25) is 4.52 Å². The Kier molecular flexibility index (Phi) is 2.98. The Morgan fingerprint density at radius 2 is 1.58 bits per heavy atom. The van der Waals surface area contributed by atoms with Gasteiger partial charge in [-0.25, -0.2) is 0 Å². The van der Waals surface area contributed by atoms with E-state index in [2.05, 4.69) is 5.27 Å². The molecule has 2 N–H and O–H groups in total. The molecule has 0 saturated heterocycles. The lowest BCUT2D eigenvalue weighted by molar-refractivity contribution is -0.745. The number of nitrogen functional groups attached to an aromatic ring is 1. The van der Waals surface area contributed by atoms with Crippen LogP contribution < -0.4 is 10.4 Å². The molecule has 0 spiro atoms. The minimum atomic E-state index is 0.335. The van der Waals surface area contributed by atoms with Gasteiger partial charge >= 0.3 is 11.6 Å². The maximum Gasteiger partial charge on any atom is 0.305 e. The van der Waals surface area contributed by atoms with Gasteiger partial charge in [0.25, 0.3) is 0 Å². The molecule has 0 bridgehead atoms. The van der Waals surface area contributed by atoms with Gasteiger partial charge in [-0.05, 0) is 16.8 Å². The predicted molar refractivity (Wildman–Crippen MR) is 72.1 cm³/mol. The van der Waals surface area contributed by atoms with E-state index in [1.54, 1.807) is 4.68 Å². The first kappa shape index (κ1) is 11.5. The van der Waals surface area contributed by atoms with Crippen LogP contribution in [0.25, 0.3) is 11.3 Å². The Morgan fingerprint density at radius 1 is 0.947 bits per heavy atom. The highest BCUT2D eigenvalue weighted by Gasteiger charge is 2.24. The van der Waals surface area contributed by atoms with E-state index in [4.69, 9.17) is 10.3 Å². The number of hydrogen-bond acceptors (Lipinski definition) is 3. The lowest BCUT2D eigenvalue weighted by atomic mass is 10.1. The average molecular weight is 252 g/mol. The summed E-state index contributed by atoms with van der Waals surface area (Å²) in [4.78, 5) is 0. The summed E-state index contributed by atoms with van der Waals surface area (Å²) in [6, 6.07) is 20.0. The molecule has 3 rings (SSSR count). The largest absolute Gasteiger partial charge is 0.362 e. The second-order valence-corrected chi connectivity index (χ2v) is 4.30. The molecule has 2 aromatic carbocycles. The van der Waals surface area contributed by atoms with Gasteiger partial charge in [0.15, 0.2) is 0 Å². The van der Waals surface area contributed by atoms with Gasteiger partial charge in [-0.1, -0.05) is 48.5 Å². The van der Waals surface area contributed by atoms with E-state index < -0.39 is 0 Å². The van der Waals surface area contributed by atoms with Crippen LogP contribution >= 0.6 is 0 Å². The quantitative estimate of drug-likeness (QED) is 0.727. The number of aromatic nitrogens is 2. The normalized spacial score (nSPS) is 10.5. The van der Waals surface area contributed by atoms with Crippen LogP contribution in [0.5, 0.6) is 0 Å². The van der Waals surface area contributed by atoms with Gasteiger partial charge in [-0.2, -0.15) is 0 Å². The summed E-state index contributed by atoms with van der Waals surface area (Å²) < 4.78 is 6.89. The lowest BCUT2D eigenvalue weighted by Gasteiger charge is -1.96. The second kappa shape index (κ2) is 4.94. The van der Waals surface area contributed by atoms with Crippen molar-refractivity contribution in [3.05, 3.63) is 66.2 Å². The summed E-state index contributed by atoms with van der Waals surface area (Å²) in [6.07, 6.45) is 0. The fourth-order valence-corrected chi connectivity index (χ4v) is 2.06. The molecule has 3 aromatic rings. The first-order valence-electron chi connectivity index (χ1n) is 6.09. The summed E-state index contributed by atoms with van der Waals surface area (Å²) >= 11 is 0. The Labute approximate surface area is 111 Å². The molecule has 94 valence electrons. The number of hydrogen-bond donors (Lipinski definition) is 1. The Hall–Kier alpha value is -2.62. The van der Waals surface area contributed by atoms with E-state index in [0.29, 0.717) is 12.4 Å². The van der Waals surface area contributed by atoms with E-state index in [0.717, 1.165) is 16.8 Å². The molecule has 0 aliphatic heterocycles. The van der Waals surface area contributed by atoms with Crippen molar-refractivity contribution in [2.45, 2.75) is 6.54 Å². The van der Waals surface area contributed by atoms with Crippen LogP contribution in [0.1, 0.15) is 5.56 Å². The van der Waals surface area contributed by atoms with E-state index in [1.165, 1.54) is 0 Å². The number of anilines is 1. The lowest BCUT2D eigenvalue weighted by Crippen LogP contribution is -2.38. The van der Waals surface area contributed by atoms with Crippen LogP contribution in [0.4, 0.5) is 5.88 Å². The molecule has 0 radical (unpaired) electrons. The first-order chi connectivity index (χ1) is 9.34. The topological polar surface area (TPSA) is 55.9 Å². The monoisotopic (exact) mass is 252 g/mol. The standard InChI is InChI=1S/C15H14N3O/c16-15-14(13-9-5-2-6-10-13)18(17-19-15)11-12-7-3-1-4-8-12/h1-10H,11,16H2/q+1. The highest BCUT2D eigenvalue weighted by molar-refractivity contribution is 5.64. The van der Waals surface area contributed by atoms with Crippen molar-refractivity contribution in [3.63, 3.8) is 0 Å². The third kappa shape index (κ3) is 2.33. The van der Waals surface area contributed by atoms with Crippen LogP contribution in [0.15, 0.2) is 65.2 Å². The molecule has 0 saturated carbocycles. The summed E-state index contributed by atoms with van der Waals surface area (Å²) in [7, 11) is 0. The maximum absolute atomic E-state index is 5.88.